The van der Waals surface area contributed by atoms with Gasteiger partial charge in [-0.25, -0.2) is 0 Å². The molecule has 1 saturated carbocycles. The summed E-state index contributed by atoms with van der Waals surface area (Å²) in [6.45, 7) is 3.38. The maximum atomic E-state index is 12.8. The van der Waals surface area contributed by atoms with Gasteiger partial charge in [0.25, 0.3) is 0 Å². The molecule has 1 heterocycles. The Hall–Kier alpha value is -3.24. The lowest BCUT2D eigenvalue weighted by Crippen LogP contribution is -2.45. The highest BCUT2D eigenvalue weighted by molar-refractivity contribution is 5.97. The number of amides is 1. The van der Waals surface area contributed by atoms with Gasteiger partial charge in [0.2, 0.25) is 5.91 Å². The van der Waals surface area contributed by atoms with Crippen molar-refractivity contribution in [1.29, 1.82) is 0 Å². The van der Waals surface area contributed by atoms with Gasteiger partial charge in [-0.3, -0.25) is 9.59 Å². The Morgan fingerprint density at radius 1 is 0.853 bits per heavy atom. The molecular weight excluding hydrogens is 420 g/mol. The Bertz CT molecular complexity index is 1130. The van der Waals surface area contributed by atoms with Crippen molar-refractivity contribution >= 4 is 11.7 Å². The van der Waals surface area contributed by atoms with Gasteiger partial charge < -0.3 is 10.2 Å². The Morgan fingerprint density at radius 3 is 2.15 bits per heavy atom. The molecule has 3 aromatic carbocycles. The summed E-state index contributed by atoms with van der Waals surface area (Å²) in [5, 5.41) is 3.79. The van der Waals surface area contributed by atoms with E-state index in [0.717, 1.165) is 48.2 Å². The number of rotatable bonds is 7. The lowest BCUT2D eigenvalue weighted by Gasteiger charge is -2.32. The highest BCUT2D eigenvalue weighted by atomic mass is 16.2. The molecule has 2 atom stereocenters. The predicted octanol–water partition coefficient (Wildman–Crippen LogP) is 5.24. The molecule has 2 fully saturated rings. The number of piperidine rings is 1. The summed E-state index contributed by atoms with van der Waals surface area (Å²) < 4.78 is 0. The number of nitrogens with zero attached hydrogens (tertiary/aromatic N) is 1. The van der Waals surface area contributed by atoms with Crippen LogP contribution in [-0.2, 0) is 11.2 Å². The number of benzene rings is 3. The molecule has 1 N–H and O–H groups in total. The molecule has 2 aliphatic rings. The molecule has 3 aromatic rings. The maximum Gasteiger partial charge on any atom is 0.219 e. The van der Waals surface area contributed by atoms with E-state index < -0.39 is 0 Å². The molecule has 34 heavy (non-hydrogen) atoms. The van der Waals surface area contributed by atoms with E-state index in [-0.39, 0.29) is 11.7 Å². The number of nitrogens with one attached hydrogen (secondary N) is 1. The first-order valence-electron chi connectivity index (χ1n) is 12.4. The van der Waals surface area contributed by atoms with E-state index in [4.69, 9.17) is 0 Å². The fourth-order valence-corrected chi connectivity index (χ4v) is 5.06. The second-order valence-corrected chi connectivity index (χ2v) is 9.68. The van der Waals surface area contributed by atoms with Crippen molar-refractivity contribution < 1.29 is 9.59 Å². The molecule has 1 aliphatic heterocycles. The van der Waals surface area contributed by atoms with Gasteiger partial charge in [0.05, 0.1) is 0 Å². The van der Waals surface area contributed by atoms with Crippen LogP contribution >= 0.6 is 0 Å². The Balaban J connectivity index is 1.12. The van der Waals surface area contributed by atoms with E-state index in [0.29, 0.717) is 24.4 Å². The number of ketones is 1. The molecule has 4 nitrogen and oxygen atoms in total. The quantitative estimate of drug-likeness (QED) is 0.499. The summed E-state index contributed by atoms with van der Waals surface area (Å²) >= 11 is 0. The molecule has 4 heteroatoms. The fraction of sp³-hybridized carbons (Fsp3) is 0.333. The molecule has 1 saturated heterocycles. The van der Waals surface area contributed by atoms with Crippen molar-refractivity contribution in [1.82, 2.24) is 10.2 Å². The standard InChI is InChI=1S/C30H32N2O2/c1-21(33)32-17-15-27(16-18-32)31-29-20-28(29)25-9-7-22(8-10-25)19-30(34)26-13-11-24(12-14-26)23-5-3-2-4-6-23/h2-14,27-29,31H,15-20H2,1H3. The number of hydrogen-bond donors (Lipinski definition) is 1. The Labute approximate surface area is 202 Å². The van der Waals surface area contributed by atoms with Crippen LogP contribution in [0.2, 0.25) is 0 Å². The highest BCUT2D eigenvalue weighted by Crippen LogP contribution is 2.41. The van der Waals surface area contributed by atoms with Gasteiger partial charge in [-0.1, -0.05) is 78.9 Å². The lowest BCUT2D eigenvalue weighted by atomic mass is 9.98. The van der Waals surface area contributed by atoms with Crippen LogP contribution in [0.25, 0.3) is 11.1 Å². The zero-order valence-electron chi connectivity index (χ0n) is 19.7. The summed E-state index contributed by atoms with van der Waals surface area (Å²) in [4.78, 5) is 26.2. The molecule has 0 aromatic heterocycles. The first-order chi connectivity index (χ1) is 16.6. The number of carbonyl (C=O) groups is 2. The molecule has 2 unspecified atom stereocenters. The third kappa shape index (κ3) is 5.28. The lowest BCUT2D eigenvalue weighted by molar-refractivity contribution is -0.129. The minimum absolute atomic E-state index is 0.148. The fourth-order valence-electron chi connectivity index (χ4n) is 5.06. The average Bonchev–Trinajstić information content (AvgIpc) is 3.64. The van der Waals surface area contributed by atoms with E-state index in [9.17, 15) is 9.59 Å². The highest BCUT2D eigenvalue weighted by Gasteiger charge is 2.39. The van der Waals surface area contributed by atoms with Crippen LogP contribution < -0.4 is 5.32 Å². The van der Waals surface area contributed by atoms with E-state index in [1.807, 2.05) is 47.4 Å². The molecular formula is C30H32N2O2. The van der Waals surface area contributed by atoms with E-state index >= 15 is 0 Å². The van der Waals surface area contributed by atoms with Crippen LogP contribution in [0.1, 0.15) is 53.6 Å². The van der Waals surface area contributed by atoms with E-state index in [2.05, 4.69) is 41.7 Å². The smallest absolute Gasteiger partial charge is 0.219 e. The van der Waals surface area contributed by atoms with Gasteiger partial charge in [-0.15, -0.1) is 0 Å². The Kier molecular flexibility index (Phi) is 6.59. The number of hydrogen-bond acceptors (Lipinski definition) is 3. The molecule has 0 radical (unpaired) electrons. The first kappa shape index (κ1) is 22.5. The van der Waals surface area contributed by atoms with Crippen LogP contribution in [0.15, 0.2) is 78.9 Å². The second kappa shape index (κ2) is 9.94. The zero-order valence-corrected chi connectivity index (χ0v) is 19.7. The van der Waals surface area contributed by atoms with Crippen LogP contribution in [0.3, 0.4) is 0 Å². The van der Waals surface area contributed by atoms with Gasteiger partial charge in [0, 0.05) is 50.0 Å². The third-order valence-electron chi connectivity index (χ3n) is 7.27. The van der Waals surface area contributed by atoms with Crippen LogP contribution in [0.5, 0.6) is 0 Å². The van der Waals surface area contributed by atoms with Crippen molar-refractivity contribution in [2.45, 2.75) is 50.6 Å². The van der Waals surface area contributed by atoms with Gasteiger partial charge in [0.1, 0.15) is 0 Å². The summed E-state index contributed by atoms with van der Waals surface area (Å²) in [6, 6.07) is 27.7. The topological polar surface area (TPSA) is 49.4 Å². The largest absolute Gasteiger partial charge is 0.343 e. The second-order valence-electron chi connectivity index (χ2n) is 9.68. The third-order valence-corrected chi connectivity index (χ3v) is 7.27. The average molecular weight is 453 g/mol. The first-order valence-corrected chi connectivity index (χ1v) is 12.4. The summed E-state index contributed by atoms with van der Waals surface area (Å²) in [6.07, 6.45) is 3.66. The van der Waals surface area contributed by atoms with Crippen molar-refractivity contribution in [3.05, 3.63) is 95.6 Å². The Morgan fingerprint density at radius 2 is 1.50 bits per heavy atom. The van der Waals surface area contributed by atoms with Gasteiger partial charge in [-0.2, -0.15) is 0 Å². The van der Waals surface area contributed by atoms with Crippen LogP contribution in [0, 0.1) is 0 Å². The zero-order chi connectivity index (χ0) is 23.5. The van der Waals surface area contributed by atoms with Crippen molar-refractivity contribution in [2.24, 2.45) is 0 Å². The van der Waals surface area contributed by atoms with Crippen LogP contribution in [0.4, 0.5) is 0 Å². The van der Waals surface area contributed by atoms with E-state index in [1.54, 1.807) is 6.92 Å². The normalized spacial score (nSPS) is 20.2. The summed E-state index contributed by atoms with van der Waals surface area (Å²) in [5.74, 6) is 0.891. The minimum atomic E-state index is 0.148. The monoisotopic (exact) mass is 452 g/mol. The van der Waals surface area contributed by atoms with E-state index in [1.165, 1.54) is 12.0 Å². The molecule has 174 valence electrons. The van der Waals surface area contributed by atoms with Gasteiger partial charge in [-0.05, 0) is 41.5 Å². The van der Waals surface area contributed by atoms with Gasteiger partial charge >= 0.3 is 0 Å². The maximum absolute atomic E-state index is 12.8. The molecule has 0 bridgehead atoms. The summed E-state index contributed by atoms with van der Waals surface area (Å²) in [7, 11) is 0. The molecule has 0 spiro atoms. The van der Waals surface area contributed by atoms with Crippen molar-refractivity contribution in [2.75, 3.05) is 13.1 Å². The van der Waals surface area contributed by atoms with Crippen LogP contribution in [-0.4, -0.2) is 41.8 Å². The van der Waals surface area contributed by atoms with Crippen molar-refractivity contribution in [3.8, 4) is 11.1 Å². The minimum Gasteiger partial charge on any atom is -0.343 e. The number of likely N-dealkylation sites (tertiary alicyclic amines) is 1. The molecule has 1 amide bonds. The molecule has 1 aliphatic carbocycles. The summed E-state index contributed by atoms with van der Waals surface area (Å²) in [5.41, 5.74) is 5.45. The molecule has 5 rings (SSSR count). The number of carbonyl (C=O) groups excluding carboxylic acids is 2. The van der Waals surface area contributed by atoms with Gasteiger partial charge in [0.15, 0.2) is 5.78 Å². The SMILES string of the molecule is CC(=O)N1CCC(NC2CC2c2ccc(CC(=O)c3ccc(-c4ccccc4)cc3)cc2)CC1. The van der Waals surface area contributed by atoms with Crippen molar-refractivity contribution in [3.63, 3.8) is 0 Å². The number of Topliss-reactive ketones (excluding diaryl/α,β-unsaturated/α-hetero) is 1. The predicted molar refractivity (Wildman–Crippen MR) is 136 cm³/mol.